The molecule has 0 radical (unpaired) electrons. The van der Waals surface area contributed by atoms with Crippen molar-refractivity contribution in [3.8, 4) is 11.1 Å². The number of benzene rings is 2. The van der Waals surface area contributed by atoms with E-state index in [0.29, 0.717) is 41.6 Å². The first-order valence-corrected chi connectivity index (χ1v) is 22.5. The number of carbonyl (C=O) groups excluding carboxylic acids is 1. The summed E-state index contributed by atoms with van der Waals surface area (Å²) in [6.07, 6.45) is 11.6. The van der Waals surface area contributed by atoms with E-state index in [-0.39, 0.29) is 65.7 Å². The van der Waals surface area contributed by atoms with E-state index in [0.717, 1.165) is 18.8 Å². The third-order valence-corrected chi connectivity index (χ3v) is 12.7. The van der Waals surface area contributed by atoms with E-state index in [1.807, 2.05) is 0 Å². The van der Waals surface area contributed by atoms with Gasteiger partial charge in [-0.3, -0.25) is 19.2 Å². The summed E-state index contributed by atoms with van der Waals surface area (Å²) in [5.74, 6) is 0.239. The van der Waals surface area contributed by atoms with E-state index in [9.17, 15) is 29.1 Å². The lowest BCUT2D eigenvalue weighted by Crippen LogP contribution is -2.42. The molecule has 332 valence electrons. The van der Waals surface area contributed by atoms with E-state index >= 15 is 0 Å². The predicted octanol–water partition coefficient (Wildman–Crippen LogP) is 10.2. The van der Waals surface area contributed by atoms with Gasteiger partial charge in [-0.25, -0.2) is 19.3 Å². The Hall–Kier alpha value is -3.47. The lowest BCUT2D eigenvalue weighted by molar-refractivity contribution is -0.139. The second-order valence-electron chi connectivity index (χ2n) is 14.4. The fraction of sp³-hybridized carbons (Fsp3) is 0.366. The minimum atomic E-state index is -1.22. The van der Waals surface area contributed by atoms with Crippen LogP contribution in [0.15, 0.2) is 75.4 Å². The van der Waals surface area contributed by atoms with Gasteiger partial charge in [0.2, 0.25) is 0 Å². The molecule has 3 aliphatic carbocycles. The molecule has 21 heteroatoms. The fourth-order valence-electron chi connectivity index (χ4n) is 5.35. The quantitative estimate of drug-likeness (QED) is 0.108. The Bertz CT molecular complexity index is 2510. The van der Waals surface area contributed by atoms with Crippen LogP contribution in [0.1, 0.15) is 61.9 Å². The molecular weight excluding hydrogens is 1010 g/mol. The molecule has 3 heterocycles. The number of amides is 1. The molecule has 1 atom stereocenters. The molecule has 0 saturated heterocycles. The van der Waals surface area contributed by atoms with Gasteiger partial charge in [0.05, 0.1) is 54.8 Å². The number of nitrogens with one attached hydrogen (secondary N) is 2. The molecule has 3 saturated carbocycles. The highest BCUT2D eigenvalue weighted by Crippen LogP contribution is 2.32. The molecule has 3 N–H and O–H groups in total. The van der Waals surface area contributed by atoms with Crippen LogP contribution in [0.3, 0.4) is 0 Å². The Kier molecular flexibility index (Phi) is 19.8. The number of aromatic amines is 1. The van der Waals surface area contributed by atoms with Gasteiger partial charge < -0.3 is 10.4 Å². The summed E-state index contributed by atoms with van der Waals surface area (Å²) in [4.78, 5) is 59.2. The molecule has 2 aromatic carbocycles. The molecule has 0 unspecified atom stereocenters. The van der Waals surface area contributed by atoms with Crippen LogP contribution < -0.4 is 22.0 Å². The number of H-pyrrole nitrogens is 1. The summed E-state index contributed by atoms with van der Waals surface area (Å²) in [7, 11) is 0. The highest BCUT2D eigenvalue weighted by atomic mass is 79.9. The minimum absolute atomic E-state index is 0. The van der Waals surface area contributed by atoms with E-state index in [1.54, 1.807) is 30.3 Å². The highest BCUT2D eigenvalue weighted by Gasteiger charge is 2.26. The number of rotatable bonds is 11. The van der Waals surface area contributed by atoms with E-state index in [2.05, 4.69) is 41.6 Å². The molecule has 0 spiro atoms. The van der Waals surface area contributed by atoms with Gasteiger partial charge in [-0.1, -0.05) is 135 Å². The van der Waals surface area contributed by atoms with Crippen LogP contribution in [0.2, 0.25) is 35.2 Å². The Morgan fingerprint density at radius 2 is 1.24 bits per heavy atom. The molecule has 3 aromatic heterocycles. The first-order valence-electron chi connectivity index (χ1n) is 18.8. The van der Waals surface area contributed by atoms with Crippen LogP contribution in [-0.4, -0.2) is 58.1 Å². The summed E-state index contributed by atoms with van der Waals surface area (Å²) in [5.41, 5.74) is 0.585. The monoisotopic (exact) mass is 1050 g/mol. The van der Waals surface area contributed by atoms with E-state index in [4.69, 9.17) is 81.2 Å². The standard InChI is InChI=1S/C24H20Cl3N3O4.C8H8Cl2N2O.C4H7Br.C4H2Cl2N2O.CH4/c25-16-2-1-3-17(26)21(16)22(31)29-19(24(33)34)10-13-6-8-15(9-7-13)20-18(27)11-28-30(23(20)32)12-14-4-5-14;9-6-3-11-12(4-5-1-2-5)8(13)7(6)10;5-3-4-1-2-4;5-2-1-7-8-4(9)3(2)6;/h1-3,6-9,11,14,19H,4-5,10,12H2,(H,29,31)(H,33,34);3,5H,1-2,4H2;4H,1-3H2;1H,(H,8,9);1H4/t19-;;;;/m0..../s1. The Balaban J connectivity index is 0.000000242. The lowest BCUT2D eigenvalue weighted by Gasteiger charge is -2.16. The van der Waals surface area contributed by atoms with E-state index < -0.39 is 23.5 Å². The Labute approximate surface area is 400 Å². The third-order valence-electron chi connectivity index (χ3n) is 9.34. The fourth-order valence-corrected chi connectivity index (χ4v) is 7.29. The van der Waals surface area contributed by atoms with Crippen molar-refractivity contribution in [2.45, 2.75) is 71.5 Å². The van der Waals surface area contributed by atoms with Gasteiger partial charge in [0.1, 0.15) is 16.1 Å². The highest BCUT2D eigenvalue weighted by molar-refractivity contribution is 9.09. The van der Waals surface area contributed by atoms with Crippen LogP contribution >= 0.6 is 97.1 Å². The minimum Gasteiger partial charge on any atom is -0.480 e. The zero-order chi connectivity index (χ0) is 44.4. The lowest BCUT2D eigenvalue weighted by atomic mass is 10.0. The van der Waals surface area contributed by atoms with Gasteiger partial charge in [-0.15, -0.1) is 0 Å². The first-order chi connectivity index (χ1) is 29.1. The normalized spacial score (nSPS) is 14.3. The largest absolute Gasteiger partial charge is 0.480 e. The molecule has 3 aliphatic rings. The molecule has 3 fully saturated rings. The number of carboxylic acids is 1. The topological polar surface area (TPSA) is 182 Å². The third kappa shape index (κ3) is 15.1. The van der Waals surface area contributed by atoms with Crippen LogP contribution in [0.4, 0.5) is 0 Å². The second kappa shape index (κ2) is 24.0. The SMILES string of the molecule is BrCC1CC1.C.O=C(N[C@@H](Cc1ccc(-c2c(Cl)cnn(CC3CC3)c2=O)cc1)C(=O)O)c1c(Cl)cccc1Cl.O=c1[nH]ncc(Cl)c1Cl.O=c1c(Cl)c(Cl)cnn1CC1CC1. The second-order valence-corrected chi connectivity index (χ2v) is 17.8. The van der Waals surface area contributed by atoms with Crippen LogP contribution in [0, 0.1) is 17.8 Å². The molecular formula is C41H41BrCl7N7O6. The summed E-state index contributed by atoms with van der Waals surface area (Å²) in [5, 5.41) is 27.8. The maximum atomic E-state index is 12.9. The number of aromatic nitrogens is 6. The smallest absolute Gasteiger partial charge is 0.326 e. The predicted molar refractivity (Wildman–Crippen MR) is 250 cm³/mol. The van der Waals surface area contributed by atoms with Crippen LogP contribution in [-0.2, 0) is 24.3 Å². The van der Waals surface area contributed by atoms with Crippen molar-refractivity contribution in [2.24, 2.45) is 17.8 Å². The van der Waals surface area contributed by atoms with Gasteiger partial charge in [-0.2, -0.15) is 15.3 Å². The molecule has 62 heavy (non-hydrogen) atoms. The van der Waals surface area contributed by atoms with Crippen molar-refractivity contribution >= 4 is 109 Å². The molecule has 0 bridgehead atoms. The van der Waals surface area contributed by atoms with Gasteiger partial charge in [0.15, 0.2) is 0 Å². The number of nitrogens with zero attached hydrogens (tertiary/aromatic N) is 5. The summed E-state index contributed by atoms with van der Waals surface area (Å²) in [6.45, 7) is 1.23. The number of hydrogen-bond donors (Lipinski definition) is 3. The Morgan fingerprint density at radius 1 is 0.726 bits per heavy atom. The zero-order valence-corrected chi connectivity index (χ0v) is 38.8. The number of hydrogen-bond acceptors (Lipinski definition) is 8. The number of carboxylic acid groups (broad SMARTS) is 1. The summed E-state index contributed by atoms with van der Waals surface area (Å²) >= 11 is 43.8. The van der Waals surface area contributed by atoms with Crippen molar-refractivity contribution in [3.63, 3.8) is 0 Å². The van der Waals surface area contributed by atoms with Crippen molar-refractivity contribution in [1.29, 1.82) is 0 Å². The molecule has 1 amide bonds. The van der Waals surface area contributed by atoms with Crippen LogP contribution in [0.5, 0.6) is 0 Å². The van der Waals surface area contributed by atoms with Crippen molar-refractivity contribution in [3.05, 3.63) is 138 Å². The Morgan fingerprint density at radius 3 is 1.71 bits per heavy atom. The van der Waals surface area contributed by atoms with Gasteiger partial charge in [-0.05, 0) is 79.5 Å². The van der Waals surface area contributed by atoms with Crippen molar-refractivity contribution in [1.82, 2.24) is 35.1 Å². The molecule has 0 aliphatic heterocycles. The molecule has 13 nitrogen and oxygen atoms in total. The van der Waals surface area contributed by atoms with Crippen molar-refractivity contribution in [2.75, 3.05) is 5.33 Å². The average molecular weight is 1060 g/mol. The summed E-state index contributed by atoms with van der Waals surface area (Å²) in [6, 6.07) is 10.2. The summed E-state index contributed by atoms with van der Waals surface area (Å²) < 4.78 is 2.81. The zero-order valence-electron chi connectivity index (χ0n) is 31.9. The maximum absolute atomic E-state index is 12.9. The maximum Gasteiger partial charge on any atom is 0.326 e. The van der Waals surface area contributed by atoms with Gasteiger partial charge >= 0.3 is 5.97 Å². The number of halogens is 8. The van der Waals surface area contributed by atoms with Gasteiger partial charge in [0, 0.05) is 24.8 Å². The van der Waals surface area contributed by atoms with Crippen LogP contribution in [0.25, 0.3) is 11.1 Å². The number of aliphatic carboxylic acids is 1. The molecule has 8 rings (SSSR count). The first kappa shape index (κ1) is 51.2. The molecule has 5 aromatic rings. The number of alkyl halides is 1. The van der Waals surface area contributed by atoms with Crippen molar-refractivity contribution < 1.29 is 14.7 Å². The van der Waals surface area contributed by atoms with Gasteiger partial charge in [0.25, 0.3) is 22.6 Å². The average Bonchev–Trinajstić information content (AvgIpc) is 4.07. The number of carbonyl (C=O) groups is 2. The van der Waals surface area contributed by atoms with E-state index in [1.165, 1.54) is 71.1 Å².